The fraction of sp³-hybridized carbons (Fsp3) is 0.611. The van der Waals surface area contributed by atoms with Gasteiger partial charge < -0.3 is 14.4 Å². The number of amides is 1. The lowest BCUT2D eigenvalue weighted by molar-refractivity contribution is -0.150. The first kappa shape index (κ1) is 16.7. The summed E-state index contributed by atoms with van der Waals surface area (Å²) in [5, 5.41) is 0.748. The van der Waals surface area contributed by atoms with E-state index in [2.05, 4.69) is 0 Å². The molecule has 0 saturated carbocycles. The van der Waals surface area contributed by atoms with E-state index >= 15 is 0 Å². The Balaban J connectivity index is 1.50. The van der Waals surface area contributed by atoms with Crippen LogP contribution < -0.4 is 0 Å². The minimum absolute atomic E-state index is 0.0919. The average molecular weight is 338 g/mol. The van der Waals surface area contributed by atoms with E-state index in [0.717, 1.165) is 43.7 Å². The Labute approximate surface area is 142 Å². The van der Waals surface area contributed by atoms with Crippen LogP contribution in [0.5, 0.6) is 0 Å². The largest absolute Gasteiger partial charge is 0.348 e. The monoisotopic (exact) mass is 337 g/mol. The van der Waals surface area contributed by atoms with E-state index in [4.69, 9.17) is 21.1 Å². The van der Waals surface area contributed by atoms with Crippen molar-refractivity contribution in [3.05, 3.63) is 34.9 Å². The second kappa shape index (κ2) is 8.13. The molecule has 2 fully saturated rings. The van der Waals surface area contributed by atoms with E-state index < -0.39 is 0 Å². The van der Waals surface area contributed by atoms with Crippen LogP contribution in [0, 0.1) is 0 Å². The Morgan fingerprint density at radius 1 is 1.17 bits per heavy atom. The highest BCUT2D eigenvalue weighted by Gasteiger charge is 2.35. The number of hydrogen-bond acceptors (Lipinski definition) is 3. The third kappa shape index (κ3) is 4.46. The molecule has 0 aliphatic carbocycles. The van der Waals surface area contributed by atoms with Crippen LogP contribution in [-0.2, 0) is 20.7 Å². The zero-order valence-corrected chi connectivity index (χ0v) is 14.1. The lowest BCUT2D eigenvalue weighted by Crippen LogP contribution is -2.50. The number of piperidine rings is 1. The van der Waals surface area contributed by atoms with Crippen molar-refractivity contribution >= 4 is 17.5 Å². The van der Waals surface area contributed by atoms with E-state index in [0.29, 0.717) is 19.6 Å². The number of carbonyl (C=O) groups is 1. The van der Waals surface area contributed by atoms with Crippen molar-refractivity contribution in [2.75, 3.05) is 19.8 Å². The van der Waals surface area contributed by atoms with E-state index in [9.17, 15) is 4.79 Å². The van der Waals surface area contributed by atoms with Gasteiger partial charge in [0.25, 0.3) is 0 Å². The Kier molecular flexibility index (Phi) is 5.92. The molecule has 126 valence electrons. The van der Waals surface area contributed by atoms with Gasteiger partial charge in [0.05, 0.1) is 19.3 Å². The highest BCUT2D eigenvalue weighted by atomic mass is 35.5. The normalized spacial score (nSPS) is 22.5. The summed E-state index contributed by atoms with van der Waals surface area (Å²) in [5.74, 6) is 0.225. The number of aryl methyl sites for hydroxylation is 1. The van der Waals surface area contributed by atoms with Crippen molar-refractivity contribution in [1.29, 1.82) is 0 Å². The van der Waals surface area contributed by atoms with Gasteiger partial charge in [0.1, 0.15) is 0 Å². The summed E-state index contributed by atoms with van der Waals surface area (Å²) >= 11 is 5.89. The number of ether oxygens (including phenoxy) is 2. The molecule has 23 heavy (non-hydrogen) atoms. The quantitative estimate of drug-likeness (QED) is 0.826. The lowest BCUT2D eigenvalue weighted by atomic mass is 10.00. The van der Waals surface area contributed by atoms with Gasteiger partial charge in [-0.15, -0.1) is 0 Å². The van der Waals surface area contributed by atoms with Gasteiger partial charge in [0.2, 0.25) is 5.91 Å². The van der Waals surface area contributed by atoms with Crippen molar-refractivity contribution in [1.82, 2.24) is 4.90 Å². The van der Waals surface area contributed by atoms with Gasteiger partial charge >= 0.3 is 0 Å². The second-order valence-electron chi connectivity index (χ2n) is 6.24. The molecule has 0 bridgehead atoms. The summed E-state index contributed by atoms with van der Waals surface area (Å²) in [4.78, 5) is 14.6. The van der Waals surface area contributed by atoms with Crippen molar-refractivity contribution in [2.45, 2.75) is 50.9 Å². The molecule has 2 saturated heterocycles. The smallest absolute Gasteiger partial charge is 0.223 e. The number of hydrogen-bond donors (Lipinski definition) is 0. The second-order valence-corrected chi connectivity index (χ2v) is 6.68. The van der Waals surface area contributed by atoms with Gasteiger partial charge in [-0.25, -0.2) is 0 Å². The molecule has 2 aliphatic heterocycles. The van der Waals surface area contributed by atoms with Gasteiger partial charge in [-0.3, -0.25) is 4.79 Å². The third-order valence-electron chi connectivity index (χ3n) is 4.60. The van der Waals surface area contributed by atoms with Crippen LogP contribution >= 0.6 is 11.6 Å². The topological polar surface area (TPSA) is 38.8 Å². The number of rotatable bonds is 5. The molecule has 1 amide bonds. The Morgan fingerprint density at radius 3 is 2.65 bits per heavy atom. The van der Waals surface area contributed by atoms with Crippen molar-refractivity contribution in [2.24, 2.45) is 0 Å². The molecule has 5 heteroatoms. The standard InChI is InChI=1S/C18H24ClNO3/c19-15-9-7-14(8-10-15)4-3-6-17(21)20-11-2-1-5-16(20)18-22-12-13-23-18/h7-10,16,18H,1-6,11-13H2. The first-order valence-corrected chi connectivity index (χ1v) is 8.89. The fourth-order valence-electron chi connectivity index (χ4n) is 3.39. The zero-order valence-electron chi connectivity index (χ0n) is 13.4. The van der Waals surface area contributed by atoms with Crippen LogP contribution in [0.3, 0.4) is 0 Å². The van der Waals surface area contributed by atoms with Gasteiger partial charge in [-0.2, -0.15) is 0 Å². The maximum absolute atomic E-state index is 12.6. The van der Waals surface area contributed by atoms with E-state index in [1.54, 1.807) is 0 Å². The average Bonchev–Trinajstić information content (AvgIpc) is 3.11. The molecular formula is C18H24ClNO3. The van der Waals surface area contributed by atoms with Crippen LogP contribution in [0.15, 0.2) is 24.3 Å². The highest BCUT2D eigenvalue weighted by molar-refractivity contribution is 6.30. The molecule has 4 nitrogen and oxygen atoms in total. The number of benzene rings is 1. The Morgan fingerprint density at radius 2 is 1.91 bits per heavy atom. The first-order valence-electron chi connectivity index (χ1n) is 8.51. The minimum atomic E-state index is -0.226. The lowest BCUT2D eigenvalue weighted by Gasteiger charge is -2.38. The molecule has 1 atom stereocenters. The Hall–Kier alpha value is -1.10. The van der Waals surface area contributed by atoms with Crippen LogP contribution in [0.25, 0.3) is 0 Å². The highest BCUT2D eigenvalue weighted by Crippen LogP contribution is 2.25. The molecule has 0 radical (unpaired) electrons. The Bertz CT molecular complexity index is 514. The number of carbonyl (C=O) groups excluding carboxylic acids is 1. The molecule has 1 unspecified atom stereocenters. The van der Waals surface area contributed by atoms with Gasteiger partial charge in [0, 0.05) is 18.0 Å². The molecule has 0 spiro atoms. The van der Waals surface area contributed by atoms with Gasteiger partial charge in [-0.1, -0.05) is 23.7 Å². The summed E-state index contributed by atoms with van der Waals surface area (Å²) in [6, 6.07) is 7.93. The van der Waals surface area contributed by atoms with Crippen molar-refractivity contribution in [3.8, 4) is 0 Å². The predicted molar refractivity (Wildman–Crippen MR) is 89.4 cm³/mol. The van der Waals surface area contributed by atoms with Crippen molar-refractivity contribution in [3.63, 3.8) is 0 Å². The van der Waals surface area contributed by atoms with Crippen LogP contribution in [0.2, 0.25) is 5.02 Å². The summed E-state index contributed by atoms with van der Waals surface area (Å²) in [5.41, 5.74) is 1.22. The first-order chi connectivity index (χ1) is 11.2. The van der Waals surface area contributed by atoms with E-state index in [1.807, 2.05) is 29.2 Å². The van der Waals surface area contributed by atoms with Gasteiger partial charge in [-0.05, 0) is 49.8 Å². The third-order valence-corrected chi connectivity index (χ3v) is 4.85. The maximum atomic E-state index is 12.6. The van der Waals surface area contributed by atoms with Crippen LogP contribution in [0.4, 0.5) is 0 Å². The number of halogens is 1. The molecule has 2 heterocycles. The minimum Gasteiger partial charge on any atom is -0.348 e. The summed E-state index contributed by atoms with van der Waals surface area (Å²) in [7, 11) is 0. The van der Waals surface area contributed by atoms with Crippen molar-refractivity contribution < 1.29 is 14.3 Å². The molecule has 0 N–H and O–H groups in total. The summed E-state index contributed by atoms with van der Waals surface area (Å²) < 4.78 is 11.3. The molecule has 1 aromatic rings. The van der Waals surface area contributed by atoms with Crippen LogP contribution in [-0.4, -0.2) is 42.9 Å². The predicted octanol–water partition coefficient (Wildman–Crippen LogP) is 3.42. The van der Waals surface area contributed by atoms with Gasteiger partial charge in [0.15, 0.2) is 6.29 Å². The summed E-state index contributed by atoms with van der Waals surface area (Å²) in [6.45, 7) is 2.10. The molecule has 1 aromatic carbocycles. The maximum Gasteiger partial charge on any atom is 0.223 e. The van der Waals surface area contributed by atoms with E-state index in [-0.39, 0.29) is 18.2 Å². The summed E-state index contributed by atoms with van der Waals surface area (Å²) in [6.07, 6.45) is 5.30. The van der Waals surface area contributed by atoms with Crippen LogP contribution in [0.1, 0.15) is 37.7 Å². The number of likely N-dealkylation sites (tertiary alicyclic amines) is 1. The number of nitrogens with zero attached hydrogens (tertiary/aromatic N) is 1. The fourth-order valence-corrected chi connectivity index (χ4v) is 3.51. The van der Waals surface area contributed by atoms with E-state index in [1.165, 1.54) is 5.56 Å². The molecule has 3 rings (SSSR count). The SMILES string of the molecule is O=C(CCCc1ccc(Cl)cc1)N1CCCCC1C1OCCO1. The zero-order chi connectivity index (χ0) is 16.1. The molecule has 2 aliphatic rings. The molecular weight excluding hydrogens is 314 g/mol. The molecule has 0 aromatic heterocycles.